The fourth-order valence-corrected chi connectivity index (χ4v) is 2.54. The second-order valence-corrected chi connectivity index (χ2v) is 5.44. The van der Waals surface area contributed by atoms with Crippen LogP contribution in [0.5, 0.6) is 0 Å². The van der Waals surface area contributed by atoms with Crippen molar-refractivity contribution < 1.29 is 0 Å². The third kappa shape index (κ3) is 3.88. The van der Waals surface area contributed by atoms with Crippen LogP contribution in [0.3, 0.4) is 0 Å². The van der Waals surface area contributed by atoms with Gasteiger partial charge in [-0.2, -0.15) is 5.10 Å². The Morgan fingerprint density at radius 2 is 2.26 bits per heavy atom. The van der Waals surface area contributed by atoms with Crippen LogP contribution >= 0.6 is 0 Å². The van der Waals surface area contributed by atoms with Gasteiger partial charge in [-0.3, -0.25) is 0 Å². The molecule has 1 aromatic rings. The molecular formula is C14H25N5. The van der Waals surface area contributed by atoms with Crippen LogP contribution in [-0.2, 0) is 0 Å². The number of rotatable bonds is 6. The average molecular weight is 263 g/mol. The Hall–Kier alpha value is -1.20. The Kier molecular flexibility index (Phi) is 5.10. The van der Waals surface area contributed by atoms with E-state index >= 15 is 0 Å². The lowest BCUT2D eigenvalue weighted by Crippen LogP contribution is -2.23. The van der Waals surface area contributed by atoms with Gasteiger partial charge < -0.3 is 15.1 Å². The van der Waals surface area contributed by atoms with E-state index in [-0.39, 0.29) is 0 Å². The van der Waals surface area contributed by atoms with E-state index in [0.29, 0.717) is 5.92 Å². The minimum absolute atomic E-state index is 0.557. The molecule has 0 radical (unpaired) electrons. The molecule has 19 heavy (non-hydrogen) atoms. The molecule has 1 aliphatic rings. The number of likely N-dealkylation sites (N-methyl/N-ethyl adjacent to an activating group) is 1. The van der Waals surface area contributed by atoms with Gasteiger partial charge >= 0.3 is 0 Å². The molecule has 2 rings (SSSR count). The van der Waals surface area contributed by atoms with E-state index in [4.69, 9.17) is 0 Å². The lowest BCUT2D eigenvalue weighted by atomic mass is 10.1. The van der Waals surface area contributed by atoms with Crippen molar-refractivity contribution in [2.75, 3.05) is 52.2 Å². The maximum absolute atomic E-state index is 4.41. The molecule has 0 spiro atoms. The van der Waals surface area contributed by atoms with E-state index in [2.05, 4.69) is 51.5 Å². The van der Waals surface area contributed by atoms with Crippen molar-refractivity contribution in [2.24, 2.45) is 0 Å². The molecule has 1 atom stereocenters. The highest BCUT2D eigenvalue weighted by molar-refractivity contribution is 5.36. The third-order valence-electron chi connectivity index (χ3n) is 3.79. The van der Waals surface area contributed by atoms with Crippen LogP contribution in [0.2, 0.25) is 0 Å². The SMILES string of the molecule is CNCCCN(C)c1ccc(C2CCN(C)C2)nn1. The van der Waals surface area contributed by atoms with Gasteiger partial charge in [-0.1, -0.05) is 0 Å². The van der Waals surface area contributed by atoms with E-state index in [9.17, 15) is 0 Å². The van der Waals surface area contributed by atoms with Crippen LogP contribution in [0.4, 0.5) is 5.82 Å². The fourth-order valence-electron chi connectivity index (χ4n) is 2.54. The first kappa shape index (κ1) is 14.2. The first-order chi connectivity index (χ1) is 9.20. The van der Waals surface area contributed by atoms with Crippen LogP contribution in [-0.4, -0.2) is 62.4 Å². The number of hydrogen-bond acceptors (Lipinski definition) is 5. The van der Waals surface area contributed by atoms with Crippen molar-refractivity contribution in [1.29, 1.82) is 0 Å². The van der Waals surface area contributed by atoms with Gasteiger partial charge in [0.2, 0.25) is 0 Å². The van der Waals surface area contributed by atoms with Crippen LogP contribution in [0.25, 0.3) is 0 Å². The first-order valence-electron chi connectivity index (χ1n) is 7.08. The molecule has 5 nitrogen and oxygen atoms in total. The van der Waals surface area contributed by atoms with Crippen molar-refractivity contribution >= 4 is 5.82 Å². The van der Waals surface area contributed by atoms with Crippen molar-refractivity contribution in [2.45, 2.75) is 18.8 Å². The third-order valence-corrected chi connectivity index (χ3v) is 3.79. The van der Waals surface area contributed by atoms with Crippen molar-refractivity contribution in [3.8, 4) is 0 Å². The number of aromatic nitrogens is 2. The zero-order valence-electron chi connectivity index (χ0n) is 12.3. The largest absolute Gasteiger partial charge is 0.358 e. The van der Waals surface area contributed by atoms with Crippen molar-refractivity contribution in [3.63, 3.8) is 0 Å². The average Bonchev–Trinajstić information content (AvgIpc) is 2.86. The Bertz CT molecular complexity index is 378. The lowest BCUT2D eigenvalue weighted by Gasteiger charge is -2.18. The normalized spacial score (nSPS) is 19.8. The summed E-state index contributed by atoms with van der Waals surface area (Å²) in [5, 5.41) is 11.9. The van der Waals surface area contributed by atoms with Gasteiger partial charge in [0.15, 0.2) is 5.82 Å². The number of nitrogens with one attached hydrogen (secondary N) is 1. The molecule has 1 aromatic heterocycles. The molecule has 0 aromatic carbocycles. The van der Waals surface area contributed by atoms with Gasteiger partial charge in [0, 0.05) is 26.1 Å². The Morgan fingerprint density at radius 1 is 1.42 bits per heavy atom. The standard InChI is InChI=1S/C14H25N5/c1-15-8-4-9-19(3)14-6-5-13(16-17-14)12-7-10-18(2)11-12/h5-6,12,15H,4,7-11H2,1-3H3. The number of anilines is 1. The van der Waals surface area contributed by atoms with Crippen molar-refractivity contribution in [3.05, 3.63) is 17.8 Å². The molecule has 1 saturated heterocycles. The maximum Gasteiger partial charge on any atom is 0.150 e. The predicted octanol–water partition coefficient (Wildman–Crippen LogP) is 0.941. The van der Waals surface area contributed by atoms with Crippen LogP contribution in [0, 0.1) is 0 Å². The zero-order chi connectivity index (χ0) is 13.7. The quantitative estimate of drug-likeness (QED) is 0.774. The Labute approximate surface area is 116 Å². The molecule has 1 unspecified atom stereocenters. The van der Waals surface area contributed by atoms with E-state index in [1.807, 2.05) is 7.05 Å². The highest BCUT2D eigenvalue weighted by atomic mass is 15.2. The summed E-state index contributed by atoms with van der Waals surface area (Å²) in [4.78, 5) is 4.51. The summed E-state index contributed by atoms with van der Waals surface area (Å²) >= 11 is 0. The van der Waals surface area contributed by atoms with Gasteiger partial charge in [-0.25, -0.2) is 0 Å². The molecular weight excluding hydrogens is 238 g/mol. The second kappa shape index (κ2) is 6.82. The van der Waals surface area contributed by atoms with Gasteiger partial charge in [0.25, 0.3) is 0 Å². The molecule has 2 heterocycles. The molecule has 0 aliphatic carbocycles. The second-order valence-electron chi connectivity index (χ2n) is 5.44. The summed E-state index contributed by atoms with van der Waals surface area (Å²) in [6, 6.07) is 4.24. The molecule has 1 N–H and O–H groups in total. The van der Waals surface area contributed by atoms with Gasteiger partial charge in [0.05, 0.1) is 5.69 Å². The van der Waals surface area contributed by atoms with Crippen LogP contribution in [0.15, 0.2) is 12.1 Å². The van der Waals surface area contributed by atoms with Gasteiger partial charge in [-0.15, -0.1) is 5.10 Å². The van der Waals surface area contributed by atoms with E-state index < -0.39 is 0 Å². The van der Waals surface area contributed by atoms with Crippen molar-refractivity contribution in [1.82, 2.24) is 20.4 Å². The molecule has 0 saturated carbocycles. The predicted molar refractivity (Wildman–Crippen MR) is 78.7 cm³/mol. The minimum Gasteiger partial charge on any atom is -0.358 e. The highest BCUT2D eigenvalue weighted by Crippen LogP contribution is 2.24. The molecule has 1 fully saturated rings. The summed E-state index contributed by atoms with van der Waals surface area (Å²) in [5.74, 6) is 1.52. The molecule has 1 aliphatic heterocycles. The molecule has 0 amide bonds. The molecule has 0 bridgehead atoms. The topological polar surface area (TPSA) is 44.3 Å². The van der Waals surface area contributed by atoms with E-state index in [1.165, 1.54) is 6.42 Å². The Balaban J connectivity index is 1.90. The summed E-state index contributed by atoms with van der Waals surface area (Å²) < 4.78 is 0. The van der Waals surface area contributed by atoms with Gasteiger partial charge in [-0.05, 0) is 52.2 Å². The zero-order valence-corrected chi connectivity index (χ0v) is 12.3. The number of nitrogens with zero attached hydrogens (tertiary/aromatic N) is 4. The number of hydrogen-bond donors (Lipinski definition) is 1. The van der Waals surface area contributed by atoms with E-state index in [0.717, 1.165) is 44.1 Å². The highest BCUT2D eigenvalue weighted by Gasteiger charge is 2.22. The number of likely N-dealkylation sites (tertiary alicyclic amines) is 1. The van der Waals surface area contributed by atoms with Crippen LogP contribution in [0.1, 0.15) is 24.5 Å². The summed E-state index contributed by atoms with van der Waals surface area (Å²) in [7, 11) is 6.22. The minimum atomic E-state index is 0.557. The summed E-state index contributed by atoms with van der Waals surface area (Å²) in [6.45, 7) is 4.30. The van der Waals surface area contributed by atoms with Crippen LogP contribution < -0.4 is 10.2 Å². The smallest absolute Gasteiger partial charge is 0.150 e. The monoisotopic (exact) mass is 263 g/mol. The Morgan fingerprint density at radius 3 is 2.84 bits per heavy atom. The summed E-state index contributed by atoms with van der Waals surface area (Å²) in [6.07, 6.45) is 2.31. The maximum atomic E-state index is 4.41. The summed E-state index contributed by atoms with van der Waals surface area (Å²) in [5.41, 5.74) is 1.14. The lowest BCUT2D eigenvalue weighted by molar-refractivity contribution is 0.410. The fraction of sp³-hybridized carbons (Fsp3) is 0.714. The van der Waals surface area contributed by atoms with Gasteiger partial charge in [0.1, 0.15) is 0 Å². The molecule has 5 heteroatoms. The molecule has 106 valence electrons. The van der Waals surface area contributed by atoms with E-state index in [1.54, 1.807) is 0 Å². The first-order valence-corrected chi connectivity index (χ1v) is 7.08.